The van der Waals surface area contributed by atoms with Crippen LogP contribution >= 0.6 is 0 Å². The van der Waals surface area contributed by atoms with Crippen LogP contribution in [0.5, 0.6) is 0 Å². The van der Waals surface area contributed by atoms with Gasteiger partial charge in [-0.3, -0.25) is 10.1 Å². The van der Waals surface area contributed by atoms with E-state index in [-0.39, 0.29) is 30.4 Å². The molecule has 2 rings (SSSR count). The van der Waals surface area contributed by atoms with Crippen molar-refractivity contribution in [3.05, 3.63) is 39.8 Å². The van der Waals surface area contributed by atoms with Crippen LogP contribution in [0.15, 0.2) is 22.7 Å². The van der Waals surface area contributed by atoms with Crippen LogP contribution in [-0.2, 0) is 6.42 Å². The molecule has 1 aromatic carbocycles. The maximum Gasteiger partial charge on any atom is 0.270 e. The Hall–Kier alpha value is -2.32. The highest BCUT2D eigenvalue weighted by Gasteiger charge is 2.23. The summed E-state index contributed by atoms with van der Waals surface area (Å²) in [5.74, 6) is 0.477. The number of aromatic nitrogens is 2. The lowest BCUT2D eigenvalue weighted by molar-refractivity contribution is -0.384. The van der Waals surface area contributed by atoms with Gasteiger partial charge in [0.05, 0.1) is 16.9 Å². The molecule has 0 amide bonds. The van der Waals surface area contributed by atoms with Gasteiger partial charge in [-0.05, 0) is 19.4 Å². The fourth-order valence-electron chi connectivity index (χ4n) is 1.80. The van der Waals surface area contributed by atoms with E-state index in [2.05, 4.69) is 10.1 Å². The molecule has 0 bridgehead atoms. The molecule has 1 atom stereocenters. The van der Waals surface area contributed by atoms with Crippen LogP contribution in [0, 0.1) is 17.0 Å². The van der Waals surface area contributed by atoms with Gasteiger partial charge < -0.3 is 15.4 Å². The second-order valence-corrected chi connectivity index (χ2v) is 5.15. The predicted molar refractivity (Wildman–Crippen MR) is 74.5 cm³/mol. The van der Waals surface area contributed by atoms with E-state index in [9.17, 15) is 15.2 Å². The van der Waals surface area contributed by atoms with E-state index in [1.807, 2.05) is 0 Å². The Morgan fingerprint density at radius 2 is 2.24 bits per heavy atom. The molecule has 3 N–H and O–H groups in total. The van der Waals surface area contributed by atoms with Crippen molar-refractivity contribution in [2.45, 2.75) is 25.9 Å². The van der Waals surface area contributed by atoms with Gasteiger partial charge in [0, 0.05) is 24.2 Å². The minimum Gasteiger partial charge on any atom is -0.388 e. The molecule has 0 saturated carbocycles. The Kier molecular flexibility index (Phi) is 4.01. The van der Waals surface area contributed by atoms with Crippen LogP contribution in [0.25, 0.3) is 11.4 Å². The van der Waals surface area contributed by atoms with Crippen LogP contribution in [0.1, 0.15) is 18.4 Å². The lowest BCUT2D eigenvalue weighted by Crippen LogP contribution is -2.36. The first-order chi connectivity index (χ1) is 9.82. The predicted octanol–water partition coefficient (Wildman–Crippen LogP) is 1.21. The lowest BCUT2D eigenvalue weighted by atomic mass is 10.0. The van der Waals surface area contributed by atoms with Crippen LogP contribution in [0.3, 0.4) is 0 Å². The van der Waals surface area contributed by atoms with Gasteiger partial charge in [-0.15, -0.1) is 0 Å². The van der Waals surface area contributed by atoms with Crippen LogP contribution < -0.4 is 5.73 Å². The van der Waals surface area contributed by atoms with Gasteiger partial charge >= 0.3 is 0 Å². The number of aryl methyl sites for hydroxylation is 1. The van der Waals surface area contributed by atoms with Crippen molar-refractivity contribution < 1.29 is 14.6 Å². The summed E-state index contributed by atoms with van der Waals surface area (Å²) < 4.78 is 5.07. The van der Waals surface area contributed by atoms with Gasteiger partial charge in [0.25, 0.3) is 5.69 Å². The molecular formula is C13H16N4O4. The molecule has 8 heteroatoms. The Balaban J connectivity index is 2.33. The highest BCUT2D eigenvalue weighted by molar-refractivity contribution is 5.63. The first kappa shape index (κ1) is 15.1. The summed E-state index contributed by atoms with van der Waals surface area (Å²) >= 11 is 0. The molecule has 1 aromatic heterocycles. The van der Waals surface area contributed by atoms with Crippen molar-refractivity contribution in [2.75, 3.05) is 6.54 Å². The summed E-state index contributed by atoms with van der Waals surface area (Å²) in [6, 6.07) is 4.43. The number of aliphatic hydroxyl groups is 1. The first-order valence-corrected chi connectivity index (χ1v) is 6.33. The number of nitro benzene ring substituents is 1. The summed E-state index contributed by atoms with van der Waals surface area (Å²) in [5, 5.41) is 24.5. The van der Waals surface area contributed by atoms with Crippen molar-refractivity contribution >= 4 is 5.69 Å². The average Bonchev–Trinajstić information content (AvgIpc) is 2.86. The van der Waals surface area contributed by atoms with Crippen molar-refractivity contribution in [2.24, 2.45) is 5.73 Å². The quantitative estimate of drug-likeness (QED) is 0.625. The van der Waals surface area contributed by atoms with E-state index in [1.54, 1.807) is 19.9 Å². The molecule has 0 aliphatic heterocycles. The topological polar surface area (TPSA) is 128 Å². The fourth-order valence-corrected chi connectivity index (χ4v) is 1.80. The molecular weight excluding hydrogens is 276 g/mol. The molecule has 8 nitrogen and oxygen atoms in total. The fraction of sp³-hybridized carbons (Fsp3) is 0.385. The number of hydrogen-bond acceptors (Lipinski definition) is 7. The molecule has 2 aromatic rings. The van der Waals surface area contributed by atoms with Gasteiger partial charge in [-0.25, -0.2) is 0 Å². The minimum atomic E-state index is -1.14. The first-order valence-electron chi connectivity index (χ1n) is 6.33. The molecule has 0 saturated heterocycles. The number of benzene rings is 1. The maximum atomic E-state index is 10.8. The Morgan fingerprint density at radius 1 is 1.52 bits per heavy atom. The van der Waals surface area contributed by atoms with Crippen molar-refractivity contribution in [1.29, 1.82) is 0 Å². The maximum absolute atomic E-state index is 10.8. The molecule has 1 unspecified atom stereocenters. The number of non-ortho nitro benzene ring substituents is 1. The normalized spacial score (nSPS) is 13.9. The average molecular weight is 292 g/mol. The molecule has 0 spiro atoms. The molecule has 0 aliphatic rings. The molecule has 112 valence electrons. The molecule has 0 radical (unpaired) electrons. The van der Waals surface area contributed by atoms with Gasteiger partial charge in [-0.2, -0.15) is 4.98 Å². The third kappa shape index (κ3) is 3.41. The van der Waals surface area contributed by atoms with Crippen molar-refractivity contribution in [1.82, 2.24) is 10.1 Å². The molecule has 21 heavy (non-hydrogen) atoms. The number of rotatable bonds is 5. The zero-order valence-electron chi connectivity index (χ0n) is 11.7. The number of nitrogens with two attached hydrogens (primary N) is 1. The van der Waals surface area contributed by atoms with Crippen molar-refractivity contribution in [3.8, 4) is 11.4 Å². The zero-order valence-corrected chi connectivity index (χ0v) is 11.7. The summed E-state index contributed by atoms with van der Waals surface area (Å²) in [6.45, 7) is 3.42. The van der Waals surface area contributed by atoms with E-state index >= 15 is 0 Å². The van der Waals surface area contributed by atoms with Gasteiger partial charge in [0.1, 0.15) is 0 Å². The second-order valence-electron chi connectivity index (χ2n) is 5.15. The van der Waals surface area contributed by atoms with E-state index < -0.39 is 10.5 Å². The SMILES string of the molecule is Cc1ccc([N+](=O)[O-])cc1-c1noc(CC(C)(O)CN)n1. The Bertz CT molecular complexity index is 666. The number of nitro groups is 1. The van der Waals surface area contributed by atoms with E-state index in [0.29, 0.717) is 5.56 Å². The smallest absolute Gasteiger partial charge is 0.270 e. The van der Waals surface area contributed by atoms with E-state index in [1.165, 1.54) is 12.1 Å². The lowest BCUT2D eigenvalue weighted by Gasteiger charge is -2.17. The van der Waals surface area contributed by atoms with Crippen molar-refractivity contribution in [3.63, 3.8) is 0 Å². The van der Waals surface area contributed by atoms with Gasteiger partial charge in [-0.1, -0.05) is 11.2 Å². The van der Waals surface area contributed by atoms with Crippen LogP contribution in [-0.4, -0.2) is 32.3 Å². The monoisotopic (exact) mass is 292 g/mol. The van der Waals surface area contributed by atoms with E-state index in [4.69, 9.17) is 10.3 Å². The van der Waals surface area contributed by atoms with E-state index in [0.717, 1.165) is 5.56 Å². The zero-order chi connectivity index (χ0) is 15.6. The van der Waals surface area contributed by atoms with Crippen LogP contribution in [0.4, 0.5) is 5.69 Å². The molecule has 0 fully saturated rings. The summed E-state index contributed by atoms with van der Waals surface area (Å²) in [7, 11) is 0. The summed E-state index contributed by atoms with van der Waals surface area (Å²) in [6.07, 6.45) is 0.116. The number of hydrogen-bond donors (Lipinski definition) is 2. The third-order valence-electron chi connectivity index (χ3n) is 3.11. The van der Waals surface area contributed by atoms with Gasteiger partial charge in [0.2, 0.25) is 11.7 Å². The molecule has 1 heterocycles. The molecule has 0 aliphatic carbocycles. The largest absolute Gasteiger partial charge is 0.388 e. The second kappa shape index (κ2) is 5.58. The summed E-state index contributed by atoms with van der Waals surface area (Å²) in [5.41, 5.74) is 5.56. The van der Waals surface area contributed by atoms with Gasteiger partial charge in [0.15, 0.2) is 0 Å². The minimum absolute atomic E-state index is 0.0455. The standard InChI is InChI=1S/C13H16N4O4/c1-8-3-4-9(17(19)20)5-10(8)12-15-11(21-16-12)6-13(2,18)7-14/h3-5,18H,6-7,14H2,1-2H3. The number of nitrogens with zero attached hydrogens (tertiary/aromatic N) is 3. The summed E-state index contributed by atoms with van der Waals surface area (Å²) in [4.78, 5) is 14.5. The van der Waals surface area contributed by atoms with Crippen LogP contribution in [0.2, 0.25) is 0 Å². The third-order valence-corrected chi connectivity index (χ3v) is 3.11. The highest BCUT2D eigenvalue weighted by atomic mass is 16.6. The Morgan fingerprint density at radius 3 is 2.86 bits per heavy atom. The Labute approximate surface area is 120 Å². The highest BCUT2D eigenvalue weighted by Crippen LogP contribution is 2.26.